The Balaban J connectivity index is 1.83. The number of pyridine rings is 1. The Morgan fingerprint density at radius 3 is 2.73 bits per heavy atom. The van der Waals surface area contributed by atoms with E-state index in [1.54, 1.807) is 38.4 Å². The SMILES string of the molecule is CCS(=O)(=O)c1cccc(-c2cc(NC(=O)C3CC3)c(OC)c3[nH]c4ncc(C)cc4c23)c1. The predicted molar refractivity (Wildman–Crippen MR) is 129 cm³/mol. The molecule has 0 radical (unpaired) electrons. The highest BCUT2D eigenvalue weighted by Gasteiger charge is 2.31. The van der Waals surface area contributed by atoms with E-state index in [1.165, 1.54) is 0 Å². The van der Waals surface area contributed by atoms with E-state index in [0.717, 1.165) is 40.3 Å². The van der Waals surface area contributed by atoms with Gasteiger partial charge in [0.05, 0.1) is 29.0 Å². The van der Waals surface area contributed by atoms with E-state index in [-0.39, 0.29) is 22.5 Å². The molecular weight excluding hydrogens is 438 g/mol. The highest BCUT2D eigenvalue weighted by molar-refractivity contribution is 7.91. The van der Waals surface area contributed by atoms with Gasteiger partial charge in [-0.1, -0.05) is 19.1 Å². The summed E-state index contributed by atoms with van der Waals surface area (Å²) < 4.78 is 30.8. The van der Waals surface area contributed by atoms with Crippen LogP contribution in [0, 0.1) is 12.8 Å². The van der Waals surface area contributed by atoms with Crippen LogP contribution in [0.1, 0.15) is 25.3 Å². The quantitative estimate of drug-likeness (QED) is 0.426. The Kier molecular flexibility index (Phi) is 5.12. The van der Waals surface area contributed by atoms with Gasteiger partial charge in [0.2, 0.25) is 5.91 Å². The largest absolute Gasteiger partial charge is 0.492 e. The maximum Gasteiger partial charge on any atom is 0.227 e. The van der Waals surface area contributed by atoms with Crippen molar-refractivity contribution in [2.45, 2.75) is 31.6 Å². The van der Waals surface area contributed by atoms with Crippen molar-refractivity contribution in [2.24, 2.45) is 5.92 Å². The second-order valence-corrected chi connectivity index (χ2v) is 10.8. The number of nitrogens with one attached hydrogen (secondary N) is 2. The molecule has 1 aliphatic rings. The number of amides is 1. The second-order valence-electron chi connectivity index (χ2n) is 8.48. The van der Waals surface area contributed by atoms with Crippen LogP contribution in [0.2, 0.25) is 0 Å². The minimum absolute atomic E-state index is 0.0212. The Morgan fingerprint density at radius 2 is 2.03 bits per heavy atom. The first-order valence-electron chi connectivity index (χ1n) is 11.0. The molecule has 0 saturated heterocycles. The van der Waals surface area contributed by atoms with E-state index < -0.39 is 9.84 Å². The molecular formula is C25H25N3O4S. The third-order valence-corrected chi connectivity index (χ3v) is 7.84. The summed E-state index contributed by atoms with van der Waals surface area (Å²) in [6.45, 7) is 3.61. The lowest BCUT2D eigenvalue weighted by Crippen LogP contribution is -2.14. The zero-order valence-electron chi connectivity index (χ0n) is 18.7. The smallest absolute Gasteiger partial charge is 0.227 e. The number of aromatic amines is 1. The lowest BCUT2D eigenvalue weighted by Gasteiger charge is -2.15. The van der Waals surface area contributed by atoms with Crippen molar-refractivity contribution in [2.75, 3.05) is 18.2 Å². The number of methoxy groups -OCH3 is 1. The van der Waals surface area contributed by atoms with Gasteiger partial charge in [-0.05, 0) is 60.7 Å². The molecule has 1 amide bonds. The van der Waals surface area contributed by atoms with Gasteiger partial charge in [0, 0.05) is 22.9 Å². The van der Waals surface area contributed by atoms with Crippen LogP contribution in [-0.4, -0.2) is 37.2 Å². The van der Waals surface area contributed by atoms with Crippen molar-refractivity contribution in [1.82, 2.24) is 9.97 Å². The van der Waals surface area contributed by atoms with Crippen LogP contribution >= 0.6 is 0 Å². The summed E-state index contributed by atoms with van der Waals surface area (Å²) in [5, 5.41) is 4.79. The van der Waals surface area contributed by atoms with Crippen LogP contribution in [0.3, 0.4) is 0 Å². The Hall–Kier alpha value is -3.39. The molecule has 5 rings (SSSR count). The number of carbonyl (C=O) groups excluding carboxylic acids is 1. The summed E-state index contributed by atoms with van der Waals surface area (Å²) in [4.78, 5) is 20.7. The summed E-state index contributed by atoms with van der Waals surface area (Å²) in [7, 11) is -1.81. The van der Waals surface area contributed by atoms with Crippen molar-refractivity contribution in [1.29, 1.82) is 0 Å². The molecule has 7 nitrogen and oxygen atoms in total. The third kappa shape index (κ3) is 3.74. The number of aryl methyl sites for hydroxylation is 1. The first kappa shape index (κ1) is 21.5. The van der Waals surface area contributed by atoms with Crippen LogP contribution in [0.4, 0.5) is 5.69 Å². The fourth-order valence-electron chi connectivity index (χ4n) is 4.18. The van der Waals surface area contributed by atoms with E-state index in [0.29, 0.717) is 22.6 Å². The standard InChI is InChI=1S/C25H25N3O4S/c1-4-33(30,31)17-7-5-6-16(11-17)18-12-20(27-25(29)15-8-9-15)23(32-3)22-21(18)19-10-14(2)13-26-24(19)28-22/h5-7,10-13,15H,4,8-9H2,1-3H3,(H,26,28)(H,27,29). The molecule has 2 aromatic carbocycles. The lowest BCUT2D eigenvalue weighted by molar-refractivity contribution is -0.117. The number of ether oxygens (including phenoxy) is 1. The van der Waals surface area contributed by atoms with Crippen LogP contribution in [0.5, 0.6) is 5.75 Å². The minimum atomic E-state index is -3.38. The molecule has 1 aliphatic carbocycles. The molecule has 2 aromatic heterocycles. The van der Waals surface area contributed by atoms with Gasteiger partial charge in [0.25, 0.3) is 0 Å². The predicted octanol–water partition coefficient (Wildman–Crippen LogP) is 4.84. The van der Waals surface area contributed by atoms with Gasteiger partial charge >= 0.3 is 0 Å². The zero-order chi connectivity index (χ0) is 23.3. The fourth-order valence-corrected chi connectivity index (χ4v) is 5.10. The Morgan fingerprint density at radius 1 is 1.24 bits per heavy atom. The number of anilines is 1. The average Bonchev–Trinajstić information content (AvgIpc) is 3.60. The molecule has 33 heavy (non-hydrogen) atoms. The van der Waals surface area contributed by atoms with Crippen molar-refractivity contribution in [3.8, 4) is 16.9 Å². The van der Waals surface area contributed by atoms with Crippen molar-refractivity contribution < 1.29 is 17.9 Å². The highest BCUT2D eigenvalue weighted by Crippen LogP contribution is 2.44. The monoisotopic (exact) mass is 463 g/mol. The molecule has 0 aliphatic heterocycles. The fraction of sp³-hybridized carbons (Fsp3) is 0.280. The Labute approximate surface area is 192 Å². The second kappa shape index (κ2) is 7.88. The van der Waals surface area contributed by atoms with Gasteiger partial charge in [0.1, 0.15) is 5.65 Å². The van der Waals surface area contributed by atoms with E-state index in [9.17, 15) is 13.2 Å². The molecule has 2 heterocycles. The van der Waals surface area contributed by atoms with Crippen LogP contribution in [0.15, 0.2) is 47.5 Å². The molecule has 1 saturated carbocycles. The molecule has 1 fully saturated rings. The van der Waals surface area contributed by atoms with Crippen molar-refractivity contribution in [3.05, 3.63) is 48.2 Å². The Bertz CT molecular complexity index is 1520. The normalized spacial score (nSPS) is 14.0. The third-order valence-electron chi connectivity index (χ3n) is 6.11. The van der Waals surface area contributed by atoms with E-state index in [1.807, 2.05) is 25.1 Å². The summed E-state index contributed by atoms with van der Waals surface area (Å²) in [6.07, 6.45) is 3.56. The van der Waals surface area contributed by atoms with Gasteiger partial charge < -0.3 is 15.0 Å². The van der Waals surface area contributed by atoms with Crippen molar-refractivity contribution >= 4 is 43.4 Å². The number of sulfone groups is 1. The summed E-state index contributed by atoms with van der Waals surface area (Å²) >= 11 is 0. The van der Waals surface area contributed by atoms with Crippen molar-refractivity contribution in [3.63, 3.8) is 0 Å². The van der Waals surface area contributed by atoms with Crippen LogP contribution in [0.25, 0.3) is 33.1 Å². The maximum absolute atomic E-state index is 12.6. The highest BCUT2D eigenvalue weighted by atomic mass is 32.2. The number of fused-ring (bicyclic) bond motifs is 3. The topological polar surface area (TPSA) is 101 Å². The minimum Gasteiger partial charge on any atom is -0.492 e. The number of carbonyl (C=O) groups is 1. The van der Waals surface area contributed by atoms with Gasteiger partial charge in [-0.25, -0.2) is 13.4 Å². The van der Waals surface area contributed by atoms with Gasteiger partial charge in [-0.3, -0.25) is 4.79 Å². The number of benzene rings is 2. The average molecular weight is 464 g/mol. The number of hydrogen-bond acceptors (Lipinski definition) is 5. The van der Waals surface area contributed by atoms with Gasteiger partial charge in [-0.2, -0.15) is 0 Å². The van der Waals surface area contributed by atoms with Gasteiger partial charge in [0.15, 0.2) is 15.6 Å². The molecule has 4 aromatic rings. The molecule has 0 bridgehead atoms. The molecule has 0 atom stereocenters. The van der Waals surface area contributed by atoms with E-state index >= 15 is 0 Å². The van der Waals surface area contributed by atoms with Gasteiger partial charge in [-0.15, -0.1) is 0 Å². The van der Waals surface area contributed by atoms with Crippen LogP contribution < -0.4 is 10.1 Å². The zero-order valence-corrected chi connectivity index (χ0v) is 19.5. The first-order chi connectivity index (χ1) is 15.8. The lowest BCUT2D eigenvalue weighted by atomic mass is 9.98. The number of hydrogen-bond donors (Lipinski definition) is 2. The number of nitrogens with zero attached hydrogens (tertiary/aromatic N) is 1. The molecule has 170 valence electrons. The molecule has 8 heteroatoms. The first-order valence-corrected chi connectivity index (χ1v) is 12.6. The number of H-pyrrole nitrogens is 1. The molecule has 2 N–H and O–H groups in total. The number of aromatic nitrogens is 2. The molecule has 0 unspecified atom stereocenters. The summed E-state index contributed by atoms with van der Waals surface area (Å²) in [5.41, 5.74) is 4.48. The van der Waals surface area contributed by atoms with E-state index in [2.05, 4.69) is 15.3 Å². The van der Waals surface area contributed by atoms with E-state index in [4.69, 9.17) is 4.74 Å². The summed E-state index contributed by atoms with van der Waals surface area (Å²) in [6, 6.07) is 10.8. The summed E-state index contributed by atoms with van der Waals surface area (Å²) in [5.74, 6) is 0.536. The number of rotatable bonds is 6. The maximum atomic E-state index is 12.6. The van der Waals surface area contributed by atoms with Crippen LogP contribution in [-0.2, 0) is 14.6 Å². The molecule has 0 spiro atoms.